The number of anilines is 1. The molecule has 0 bridgehead atoms. The molecule has 8 heteroatoms. The number of thiazole rings is 1. The minimum absolute atomic E-state index is 0.218. The Morgan fingerprint density at radius 2 is 2.07 bits per heavy atom. The molecule has 1 N–H and O–H groups in total. The van der Waals surface area contributed by atoms with Crippen molar-refractivity contribution in [1.29, 1.82) is 0 Å². The summed E-state index contributed by atoms with van der Waals surface area (Å²) in [6.45, 7) is 3.88. The average Bonchev–Trinajstić information content (AvgIpc) is 3.26. The number of aryl methyl sites for hydroxylation is 1. The fraction of sp³-hybridized carbons (Fsp3) is 0.150. The van der Waals surface area contributed by atoms with Crippen LogP contribution in [0.4, 0.5) is 10.2 Å². The lowest BCUT2D eigenvalue weighted by Gasteiger charge is -2.09. The summed E-state index contributed by atoms with van der Waals surface area (Å²) < 4.78 is 16.3. The van der Waals surface area contributed by atoms with Crippen LogP contribution in [0.3, 0.4) is 0 Å². The Morgan fingerprint density at radius 1 is 1.25 bits per heavy atom. The van der Waals surface area contributed by atoms with Crippen molar-refractivity contribution in [3.63, 3.8) is 0 Å². The lowest BCUT2D eigenvalue weighted by Crippen LogP contribution is -2.16. The second-order valence-corrected chi connectivity index (χ2v) is 8.36. The van der Waals surface area contributed by atoms with E-state index in [9.17, 15) is 9.18 Å². The van der Waals surface area contributed by atoms with Gasteiger partial charge in [-0.3, -0.25) is 4.79 Å². The third-order valence-corrected chi connectivity index (χ3v) is 6.00. The van der Waals surface area contributed by atoms with E-state index < -0.39 is 0 Å². The summed E-state index contributed by atoms with van der Waals surface area (Å²) in [5.74, 6) is 0.779. The number of thioether (sulfide) groups is 1. The van der Waals surface area contributed by atoms with Crippen molar-refractivity contribution in [3.05, 3.63) is 65.6 Å². The predicted molar refractivity (Wildman–Crippen MR) is 112 cm³/mol. The number of carbonyl (C=O) groups excluding carboxylic acids is 1. The Morgan fingerprint density at radius 3 is 2.86 bits per heavy atom. The summed E-state index contributed by atoms with van der Waals surface area (Å²) in [6, 6.07) is 14.1. The number of hydrogen-bond acceptors (Lipinski definition) is 5. The van der Waals surface area contributed by atoms with Crippen LogP contribution in [-0.4, -0.2) is 26.4 Å². The summed E-state index contributed by atoms with van der Waals surface area (Å²) in [4.78, 5) is 18.2. The van der Waals surface area contributed by atoms with Gasteiger partial charge in [-0.05, 0) is 36.9 Å². The van der Waals surface area contributed by atoms with Crippen LogP contribution >= 0.6 is 23.1 Å². The van der Waals surface area contributed by atoms with Crippen molar-refractivity contribution in [3.8, 4) is 5.13 Å². The number of rotatable bonds is 5. The van der Waals surface area contributed by atoms with E-state index in [1.807, 2.05) is 38.1 Å². The topological polar surface area (TPSA) is 59.8 Å². The predicted octanol–water partition coefficient (Wildman–Crippen LogP) is 5.29. The van der Waals surface area contributed by atoms with Crippen LogP contribution < -0.4 is 5.32 Å². The summed E-state index contributed by atoms with van der Waals surface area (Å²) in [6.07, 6.45) is 0. The maximum Gasteiger partial charge on any atom is 0.257 e. The number of hydrogen-bond donors (Lipinski definition) is 1. The van der Waals surface area contributed by atoms with Crippen molar-refractivity contribution < 1.29 is 9.18 Å². The smallest absolute Gasteiger partial charge is 0.257 e. The molecule has 142 valence electrons. The summed E-state index contributed by atoms with van der Waals surface area (Å²) in [7, 11) is 0. The molecule has 0 fully saturated rings. The van der Waals surface area contributed by atoms with E-state index in [2.05, 4.69) is 15.4 Å². The highest BCUT2D eigenvalue weighted by atomic mass is 32.2. The lowest BCUT2D eigenvalue weighted by atomic mass is 10.2. The third-order valence-electron chi connectivity index (χ3n) is 4.04. The van der Waals surface area contributed by atoms with Crippen molar-refractivity contribution in [2.75, 3.05) is 11.1 Å². The number of benzene rings is 2. The van der Waals surface area contributed by atoms with Crippen LogP contribution in [0.5, 0.6) is 0 Å². The summed E-state index contributed by atoms with van der Waals surface area (Å²) in [5.41, 5.74) is 1.64. The van der Waals surface area contributed by atoms with Gasteiger partial charge in [0.15, 0.2) is 0 Å². The van der Waals surface area contributed by atoms with E-state index in [4.69, 9.17) is 0 Å². The van der Waals surface area contributed by atoms with Gasteiger partial charge in [0.05, 0.1) is 16.0 Å². The van der Waals surface area contributed by atoms with Gasteiger partial charge in [-0.25, -0.2) is 9.37 Å². The Hall–Kier alpha value is -2.71. The molecular weight excluding hydrogens is 395 g/mol. The SMILES string of the molecule is CCSc1ccccc1C(=O)Nc1cc(C)nn1-c1nc2c(F)cccc2s1. The molecular formula is C20H17FN4OS2. The van der Waals surface area contributed by atoms with Gasteiger partial charge in [-0.1, -0.05) is 36.5 Å². The highest BCUT2D eigenvalue weighted by molar-refractivity contribution is 7.99. The fourth-order valence-corrected chi connectivity index (χ4v) is 4.60. The number of fused-ring (bicyclic) bond motifs is 1. The van der Waals surface area contributed by atoms with E-state index in [1.54, 1.807) is 34.6 Å². The molecule has 0 aliphatic rings. The fourth-order valence-electron chi connectivity index (χ4n) is 2.85. The Kier molecular flexibility index (Phi) is 5.15. The van der Waals surface area contributed by atoms with Gasteiger partial charge in [0, 0.05) is 11.0 Å². The van der Waals surface area contributed by atoms with E-state index in [0.717, 1.165) is 21.0 Å². The molecule has 0 atom stereocenters. The minimum Gasteiger partial charge on any atom is -0.306 e. The zero-order chi connectivity index (χ0) is 19.7. The molecule has 5 nitrogen and oxygen atoms in total. The number of aromatic nitrogens is 3. The van der Waals surface area contributed by atoms with Crippen molar-refractivity contribution in [2.45, 2.75) is 18.7 Å². The van der Waals surface area contributed by atoms with E-state index in [1.165, 1.54) is 17.4 Å². The second-order valence-electron chi connectivity index (χ2n) is 6.05. The zero-order valence-corrected chi connectivity index (χ0v) is 16.9. The van der Waals surface area contributed by atoms with Gasteiger partial charge in [0.25, 0.3) is 5.91 Å². The van der Waals surface area contributed by atoms with Crippen LogP contribution in [0.25, 0.3) is 15.3 Å². The van der Waals surface area contributed by atoms with Gasteiger partial charge in [0.2, 0.25) is 5.13 Å². The van der Waals surface area contributed by atoms with Crippen molar-refractivity contribution in [2.24, 2.45) is 0 Å². The first-order chi connectivity index (χ1) is 13.6. The van der Waals surface area contributed by atoms with E-state index in [0.29, 0.717) is 22.0 Å². The van der Waals surface area contributed by atoms with Gasteiger partial charge in [-0.15, -0.1) is 11.8 Å². The molecule has 1 amide bonds. The second kappa shape index (κ2) is 7.73. The average molecular weight is 413 g/mol. The van der Waals surface area contributed by atoms with Crippen LogP contribution in [0.1, 0.15) is 23.0 Å². The molecule has 2 aromatic heterocycles. The van der Waals surface area contributed by atoms with Crippen LogP contribution in [0, 0.1) is 12.7 Å². The maximum absolute atomic E-state index is 14.0. The normalized spacial score (nSPS) is 11.1. The number of para-hydroxylation sites is 1. The quantitative estimate of drug-likeness (QED) is 0.452. The number of nitrogens with zero attached hydrogens (tertiary/aromatic N) is 3. The zero-order valence-electron chi connectivity index (χ0n) is 15.3. The molecule has 0 saturated carbocycles. The monoisotopic (exact) mass is 412 g/mol. The maximum atomic E-state index is 14.0. The van der Waals surface area contributed by atoms with E-state index >= 15 is 0 Å². The number of amides is 1. The number of carbonyl (C=O) groups is 1. The first-order valence-corrected chi connectivity index (χ1v) is 10.5. The Bertz CT molecular complexity index is 1170. The van der Waals surface area contributed by atoms with Crippen molar-refractivity contribution >= 4 is 45.0 Å². The lowest BCUT2D eigenvalue weighted by molar-refractivity contribution is 0.102. The van der Waals surface area contributed by atoms with E-state index in [-0.39, 0.29) is 11.7 Å². The number of nitrogens with one attached hydrogen (secondary N) is 1. The summed E-state index contributed by atoms with van der Waals surface area (Å²) in [5, 5.41) is 7.86. The van der Waals surface area contributed by atoms with Crippen molar-refractivity contribution in [1.82, 2.24) is 14.8 Å². The molecule has 2 heterocycles. The number of halogens is 1. The Balaban J connectivity index is 1.70. The Labute approximate surface area is 169 Å². The largest absolute Gasteiger partial charge is 0.306 e. The van der Waals surface area contributed by atoms with Gasteiger partial charge >= 0.3 is 0 Å². The first kappa shape index (κ1) is 18.6. The molecule has 0 saturated heterocycles. The molecule has 2 aromatic carbocycles. The highest BCUT2D eigenvalue weighted by Gasteiger charge is 2.18. The van der Waals surface area contributed by atoms with Crippen LogP contribution in [-0.2, 0) is 0 Å². The van der Waals surface area contributed by atoms with Gasteiger partial charge < -0.3 is 5.32 Å². The summed E-state index contributed by atoms with van der Waals surface area (Å²) >= 11 is 2.94. The minimum atomic E-state index is -0.375. The first-order valence-electron chi connectivity index (χ1n) is 8.72. The third kappa shape index (κ3) is 3.53. The molecule has 0 aliphatic heterocycles. The standard InChI is InChI=1S/C20H17FN4OS2/c1-3-27-15-9-5-4-7-13(15)19(26)22-17-11-12(2)24-25(17)20-23-18-14(21)8-6-10-16(18)28-20/h4-11H,3H2,1-2H3,(H,22,26). The molecule has 0 radical (unpaired) electrons. The van der Waals surface area contributed by atoms with Crippen LogP contribution in [0.15, 0.2) is 53.4 Å². The molecule has 28 heavy (non-hydrogen) atoms. The van der Waals surface area contributed by atoms with Crippen LogP contribution in [0.2, 0.25) is 0 Å². The molecule has 0 spiro atoms. The van der Waals surface area contributed by atoms with Gasteiger partial charge in [0.1, 0.15) is 17.2 Å². The molecule has 4 aromatic rings. The molecule has 0 unspecified atom stereocenters. The highest BCUT2D eigenvalue weighted by Crippen LogP contribution is 2.29. The molecule has 0 aliphatic carbocycles. The van der Waals surface area contributed by atoms with Gasteiger partial charge in [-0.2, -0.15) is 9.78 Å². The molecule has 4 rings (SSSR count).